The molecule has 2 rings (SSSR count). The number of benzene rings is 1. The van der Waals surface area contributed by atoms with Gasteiger partial charge >= 0.3 is 0 Å². The lowest BCUT2D eigenvalue weighted by Crippen LogP contribution is -2.12. The van der Waals surface area contributed by atoms with Gasteiger partial charge < -0.3 is 10.7 Å². The van der Waals surface area contributed by atoms with Gasteiger partial charge in [-0.3, -0.25) is 4.79 Å². The largest absolute Gasteiger partial charge is 0.330 e. The maximum Gasteiger partial charge on any atom is 0.251 e. The van der Waals surface area contributed by atoms with E-state index in [1.807, 2.05) is 30.3 Å². The fraction of sp³-hybridized carbons (Fsp3) is 0.231. The third-order valence-corrected chi connectivity index (χ3v) is 2.48. The van der Waals surface area contributed by atoms with Gasteiger partial charge in [0.15, 0.2) is 0 Å². The highest BCUT2D eigenvalue weighted by Crippen LogP contribution is 2.14. The molecular weight excluding hydrogens is 214 g/mol. The summed E-state index contributed by atoms with van der Waals surface area (Å²) >= 11 is 0. The van der Waals surface area contributed by atoms with Gasteiger partial charge in [0.1, 0.15) is 5.82 Å². The number of nitrogens with zero attached hydrogens (tertiary/aromatic N) is 1. The minimum Gasteiger partial charge on any atom is -0.330 e. The summed E-state index contributed by atoms with van der Waals surface area (Å²) in [4.78, 5) is 18.7. The summed E-state index contributed by atoms with van der Waals surface area (Å²) in [5.74, 6) is 0.696. The summed E-state index contributed by atoms with van der Waals surface area (Å²) in [6.45, 7) is 0.597. The SMILES string of the molecule is NCCCc1nc(-c2ccccc2)cc(=O)[nH]1. The molecular formula is C13H15N3O. The van der Waals surface area contributed by atoms with Gasteiger partial charge in [-0.1, -0.05) is 30.3 Å². The molecule has 0 saturated carbocycles. The summed E-state index contributed by atoms with van der Waals surface area (Å²) in [6, 6.07) is 11.2. The van der Waals surface area contributed by atoms with Gasteiger partial charge in [0, 0.05) is 18.1 Å². The van der Waals surface area contributed by atoms with Crippen LogP contribution in [0.4, 0.5) is 0 Å². The van der Waals surface area contributed by atoms with E-state index in [1.165, 1.54) is 6.07 Å². The van der Waals surface area contributed by atoms with Crippen LogP contribution in [0.15, 0.2) is 41.2 Å². The molecule has 0 aliphatic rings. The molecule has 88 valence electrons. The molecule has 1 aromatic heterocycles. The van der Waals surface area contributed by atoms with E-state index in [2.05, 4.69) is 9.97 Å². The minimum absolute atomic E-state index is 0.120. The first-order valence-corrected chi connectivity index (χ1v) is 5.65. The molecule has 0 fully saturated rings. The molecule has 3 N–H and O–H groups in total. The number of aryl methyl sites for hydroxylation is 1. The summed E-state index contributed by atoms with van der Waals surface area (Å²) in [6.07, 6.45) is 1.52. The van der Waals surface area contributed by atoms with Crippen LogP contribution in [0.1, 0.15) is 12.2 Å². The van der Waals surface area contributed by atoms with E-state index in [4.69, 9.17) is 5.73 Å². The Morgan fingerprint density at radius 3 is 2.71 bits per heavy atom. The molecule has 0 saturated heterocycles. The smallest absolute Gasteiger partial charge is 0.251 e. The highest BCUT2D eigenvalue weighted by Gasteiger charge is 2.03. The number of nitrogens with two attached hydrogens (primary N) is 1. The Hall–Kier alpha value is -1.94. The van der Waals surface area contributed by atoms with Crippen molar-refractivity contribution in [2.45, 2.75) is 12.8 Å². The lowest BCUT2D eigenvalue weighted by Gasteiger charge is -2.03. The van der Waals surface area contributed by atoms with E-state index in [-0.39, 0.29) is 5.56 Å². The third-order valence-electron chi connectivity index (χ3n) is 2.48. The zero-order chi connectivity index (χ0) is 12.1. The molecule has 0 atom stereocenters. The van der Waals surface area contributed by atoms with Crippen LogP contribution >= 0.6 is 0 Å². The first kappa shape index (κ1) is 11.5. The van der Waals surface area contributed by atoms with E-state index in [9.17, 15) is 4.79 Å². The average molecular weight is 229 g/mol. The second-order valence-electron chi connectivity index (χ2n) is 3.84. The van der Waals surface area contributed by atoms with Crippen molar-refractivity contribution in [3.8, 4) is 11.3 Å². The number of H-pyrrole nitrogens is 1. The van der Waals surface area contributed by atoms with Crippen molar-refractivity contribution in [1.29, 1.82) is 0 Å². The van der Waals surface area contributed by atoms with E-state index in [0.717, 1.165) is 12.0 Å². The van der Waals surface area contributed by atoms with Crippen LogP contribution in [0.3, 0.4) is 0 Å². The summed E-state index contributed by atoms with van der Waals surface area (Å²) < 4.78 is 0. The average Bonchev–Trinajstić information content (AvgIpc) is 2.37. The monoisotopic (exact) mass is 229 g/mol. The number of nitrogens with one attached hydrogen (secondary N) is 1. The van der Waals surface area contributed by atoms with Crippen molar-refractivity contribution < 1.29 is 0 Å². The van der Waals surface area contributed by atoms with Gasteiger partial charge in [0.25, 0.3) is 5.56 Å². The molecule has 4 nitrogen and oxygen atoms in total. The normalized spacial score (nSPS) is 10.4. The van der Waals surface area contributed by atoms with Crippen molar-refractivity contribution in [3.05, 3.63) is 52.6 Å². The Morgan fingerprint density at radius 2 is 2.00 bits per heavy atom. The van der Waals surface area contributed by atoms with Crippen LogP contribution in [0.25, 0.3) is 11.3 Å². The number of aromatic amines is 1. The highest BCUT2D eigenvalue weighted by molar-refractivity contribution is 5.58. The van der Waals surface area contributed by atoms with Crippen LogP contribution in [0, 0.1) is 0 Å². The first-order valence-electron chi connectivity index (χ1n) is 5.65. The molecule has 1 heterocycles. The zero-order valence-corrected chi connectivity index (χ0v) is 9.52. The van der Waals surface area contributed by atoms with Crippen molar-refractivity contribution in [3.63, 3.8) is 0 Å². The van der Waals surface area contributed by atoms with Gasteiger partial charge in [-0.15, -0.1) is 0 Å². The standard InChI is InChI=1S/C13H15N3O/c14-8-4-7-12-15-11(9-13(17)16-12)10-5-2-1-3-6-10/h1-3,5-6,9H,4,7-8,14H2,(H,15,16,17). The number of hydrogen-bond donors (Lipinski definition) is 2. The number of rotatable bonds is 4. The predicted octanol–water partition coefficient (Wildman–Crippen LogP) is 1.33. The Labute approximate surface area is 99.5 Å². The second-order valence-corrected chi connectivity index (χ2v) is 3.84. The van der Waals surface area contributed by atoms with Crippen LogP contribution in [-0.2, 0) is 6.42 Å². The molecule has 0 amide bonds. The Bertz CT molecular complexity index is 534. The highest BCUT2D eigenvalue weighted by atomic mass is 16.1. The van der Waals surface area contributed by atoms with Crippen LogP contribution < -0.4 is 11.3 Å². The molecule has 0 unspecified atom stereocenters. The van der Waals surface area contributed by atoms with E-state index in [0.29, 0.717) is 24.5 Å². The Kier molecular flexibility index (Phi) is 3.67. The van der Waals surface area contributed by atoms with Gasteiger partial charge in [0.2, 0.25) is 0 Å². The number of hydrogen-bond acceptors (Lipinski definition) is 3. The van der Waals surface area contributed by atoms with Crippen molar-refractivity contribution in [2.75, 3.05) is 6.54 Å². The van der Waals surface area contributed by atoms with Gasteiger partial charge in [-0.25, -0.2) is 4.98 Å². The molecule has 0 bridgehead atoms. The van der Waals surface area contributed by atoms with E-state index in [1.54, 1.807) is 0 Å². The van der Waals surface area contributed by atoms with Gasteiger partial charge in [0.05, 0.1) is 5.69 Å². The fourth-order valence-electron chi connectivity index (χ4n) is 1.65. The Morgan fingerprint density at radius 1 is 1.24 bits per heavy atom. The molecule has 0 aliphatic heterocycles. The topological polar surface area (TPSA) is 71.8 Å². The molecule has 0 radical (unpaired) electrons. The van der Waals surface area contributed by atoms with E-state index >= 15 is 0 Å². The van der Waals surface area contributed by atoms with Crippen LogP contribution in [0.5, 0.6) is 0 Å². The van der Waals surface area contributed by atoms with Crippen LogP contribution in [-0.4, -0.2) is 16.5 Å². The molecule has 17 heavy (non-hydrogen) atoms. The molecule has 0 aliphatic carbocycles. The molecule has 0 spiro atoms. The quantitative estimate of drug-likeness (QED) is 0.830. The summed E-state index contributed by atoms with van der Waals surface area (Å²) in [5, 5.41) is 0. The molecule has 2 aromatic rings. The van der Waals surface area contributed by atoms with E-state index < -0.39 is 0 Å². The molecule has 4 heteroatoms. The van der Waals surface area contributed by atoms with Crippen molar-refractivity contribution in [1.82, 2.24) is 9.97 Å². The maximum absolute atomic E-state index is 11.5. The molecule has 1 aromatic carbocycles. The van der Waals surface area contributed by atoms with Crippen molar-refractivity contribution in [2.24, 2.45) is 5.73 Å². The fourth-order valence-corrected chi connectivity index (χ4v) is 1.65. The number of aromatic nitrogens is 2. The summed E-state index contributed by atoms with van der Waals surface area (Å²) in [7, 11) is 0. The maximum atomic E-state index is 11.5. The second kappa shape index (κ2) is 5.41. The predicted molar refractivity (Wildman–Crippen MR) is 67.7 cm³/mol. The minimum atomic E-state index is -0.120. The van der Waals surface area contributed by atoms with Gasteiger partial charge in [-0.2, -0.15) is 0 Å². The lowest BCUT2D eigenvalue weighted by molar-refractivity contribution is 0.777. The van der Waals surface area contributed by atoms with Crippen LogP contribution in [0.2, 0.25) is 0 Å². The Balaban J connectivity index is 2.35. The lowest BCUT2D eigenvalue weighted by atomic mass is 10.1. The third kappa shape index (κ3) is 3.01. The first-order chi connectivity index (χ1) is 8.29. The van der Waals surface area contributed by atoms with Gasteiger partial charge in [-0.05, 0) is 13.0 Å². The zero-order valence-electron chi connectivity index (χ0n) is 9.52. The van der Waals surface area contributed by atoms with Crippen molar-refractivity contribution >= 4 is 0 Å². The summed E-state index contributed by atoms with van der Waals surface area (Å²) in [5.41, 5.74) is 6.99.